The number of alkyl halides is 1. The third kappa shape index (κ3) is 2.73. The molecular weight excluding hydrogens is 312 g/mol. The molecule has 1 unspecified atom stereocenters. The summed E-state index contributed by atoms with van der Waals surface area (Å²) in [6.45, 7) is 5.95. The number of aryl methyl sites for hydroxylation is 2. The summed E-state index contributed by atoms with van der Waals surface area (Å²) in [7, 11) is 0. The molecule has 0 aliphatic heterocycles. The van der Waals surface area contributed by atoms with Crippen LogP contribution in [0.25, 0.3) is 11.4 Å². The summed E-state index contributed by atoms with van der Waals surface area (Å²) in [6.07, 6.45) is 1.82. The van der Waals surface area contributed by atoms with Gasteiger partial charge in [-0.15, -0.1) is 11.6 Å². The van der Waals surface area contributed by atoms with E-state index in [1.165, 1.54) is 0 Å². The summed E-state index contributed by atoms with van der Waals surface area (Å²) < 4.78 is 1.03. The predicted molar refractivity (Wildman–Crippen MR) is 78.9 cm³/mol. The normalized spacial score (nSPS) is 12.5. The average Bonchev–Trinajstić information content (AvgIpc) is 2.31. The zero-order valence-corrected chi connectivity index (χ0v) is 12.9. The largest absolute Gasteiger partial charge is 0.236 e. The van der Waals surface area contributed by atoms with E-state index in [9.17, 15) is 0 Å². The first-order chi connectivity index (χ1) is 8.49. The molecule has 0 amide bonds. The molecule has 2 rings (SSSR count). The number of nitrogens with zero attached hydrogens (tertiary/aromatic N) is 2. The van der Waals surface area contributed by atoms with E-state index in [1.807, 2.05) is 32.2 Å². The van der Waals surface area contributed by atoms with Crippen LogP contribution in [0.5, 0.6) is 0 Å². The van der Waals surface area contributed by atoms with E-state index in [4.69, 9.17) is 11.6 Å². The fourth-order valence-electron chi connectivity index (χ4n) is 1.83. The summed E-state index contributed by atoms with van der Waals surface area (Å²) >= 11 is 9.55. The second-order valence-electron chi connectivity index (χ2n) is 4.31. The maximum atomic E-state index is 6.08. The van der Waals surface area contributed by atoms with Gasteiger partial charge >= 0.3 is 0 Å². The van der Waals surface area contributed by atoms with E-state index < -0.39 is 0 Å². The Kier molecular flexibility index (Phi) is 4.03. The summed E-state index contributed by atoms with van der Waals surface area (Å²) in [5, 5.41) is -0.0670. The highest BCUT2D eigenvalue weighted by Crippen LogP contribution is 2.27. The minimum atomic E-state index is -0.0670. The van der Waals surface area contributed by atoms with Crippen LogP contribution in [0.3, 0.4) is 0 Å². The van der Waals surface area contributed by atoms with Gasteiger partial charge in [0.2, 0.25) is 0 Å². The molecule has 0 aliphatic rings. The summed E-state index contributed by atoms with van der Waals surface area (Å²) in [6, 6.07) is 6.10. The molecule has 2 aromatic rings. The van der Waals surface area contributed by atoms with Crippen LogP contribution in [0, 0.1) is 13.8 Å². The molecule has 0 aliphatic carbocycles. The van der Waals surface area contributed by atoms with E-state index >= 15 is 0 Å². The Morgan fingerprint density at radius 3 is 2.61 bits per heavy atom. The Labute approximate surface area is 121 Å². The molecule has 1 heterocycles. The lowest BCUT2D eigenvalue weighted by Gasteiger charge is -2.10. The van der Waals surface area contributed by atoms with Gasteiger partial charge in [0.1, 0.15) is 0 Å². The first-order valence-corrected chi connectivity index (χ1v) is 6.96. The van der Waals surface area contributed by atoms with Crippen LogP contribution in [0.2, 0.25) is 0 Å². The van der Waals surface area contributed by atoms with Crippen molar-refractivity contribution in [2.24, 2.45) is 0 Å². The molecule has 0 bridgehead atoms. The van der Waals surface area contributed by atoms with Crippen molar-refractivity contribution < 1.29 is 0 Å². The standard InChI is InChI=1S/C14H14BrClN2/c1-8-4-5-11(15)6-12(8)14-17-7-13(9(2)16)10(3)18-14/h4-7,9H,1-3H3. The van der Waals surface area contributed by atoms with Crippen molar-refractivity contribution in [1.82, 2.24) is 9.97 Å². The van der Waals surface area contributed by atoms with Crippen LogP contribution in [-0.4, -0.2) is 9.97 Å². The third-order valence-corrected chi connectivity index (χ3v) is 3.61. The lowest BCUT2D eigenvalue weighted by Crippen LogP contribution is -1.99. The fraction of sp³-hybridized carbons (Fsp3) is 0.286. The van der Waals surface area contributed by atoms with Crippen LogP contribution in [0.4, 0.5) is 0 Å². The summed E-state index contributed by atoms with van der Waals surface area (Å²) in [5.74, 6) is 0.743. The molecular formula is C14H14BrClN2. The van der Waals surface area contributed by atoms with Crippen LogP contribution in [-0.2, 0) is 0 Å². The zero-order valence-electron chi connectivity index (χ0n) is 10.5. The smallest absolute Gasteiger partial charge is 0.159 e. The quantitative estimate of drug-likeness (QED) is 0.740. The van der Waals surface area contributed by atoms with Crippen molar-refractivity contribution in [3.05, 3.63) is 45.7 Å². The molecule has 0 radical (unpaired) electrons. The van der Waals surface area contributed by atoms with E-state index in [-0.39, 0.29) is 5.38 Å². The lowest BCUT2D eigenvalue weighted by atomic mass is 10.1. The van der Waals surface area contributed by atoms with Crippen molar-refractivity contribution in [1.29, 1.82) is 0 Å². The maximum absolute atomic E-state index is 6.08. The average molecular weight is 326 g/mol. The van der Waals surface area contributed by atoms with Gasteiger partial charge in [0.05, 0.1) is 5.38 Å². The van der Waals surface area contributed by atoms with Crippen LogP contribution >= 0.6 is 27.5 Å². The van der Waals surface area contributed by atoms with Crippen molar-refractivity contribution in [2.45, 2.75) is 26.1 Å². The summed E-state index contributed by atoms with van der Waals surface area (Å²) in [5.41, 5.74) is 4.11. The van der Waals surface area contributed by atoms with Gasteiger partial charge in [-0.05, 0) is 38.5 Å². The Hall–Kier alpha value is -0.930. The molecule has 0 N–H and O–H groups in total. The molecule has 1 atom stereocenters. The van der Waals surface area contributed by atoms with Crippen LogP contribution in [0.1, 0.15) is 29.1 Å². The van der Waals surface area contributed by atoms with Crippen molar-refractivity contribution in [3.63, 3.8) is 0 Å². The monoisotopic (exact) mass is 324 g/mol. The number of benzene rings is 1. The number of hydrogen-bond donors (Lipinski definition) is 0. The van der Waals surface area contributed by atoms with Gasteiger partial charge < -0.3 is 0 Å². The molecule has 0 fully saturated rings. The number of halogens is 2. The van der Waals surface area contributed by atoms with Crippen molar-refractivity contribution >= 4 is 27.5 Å². The van der Waals surface area contributed by atoms with Gasteiger partial charge in [-0.2, -0.15) is 0 Å². The molecule has 4 heteroatoms. The maximum Gasteiger partial charge on any atom is 0.159 e. The van der Waals surface area contributed by atoms with Gasteiger partial charge in [0.15, 0.2) is 5.82 Å². The second-order valence-corrected chi connectivity index (χ2v) is 5.88. The minimum absolute atomic E-state index is 0.0670. The Morgan fingerprint density at radius 1 is 1.28 bits per heavy atom. The zero-order chi connectivity index (χ0) is 13.3. The Morgan fingerprint density at radius 2 is 2.00 bits per heavy atom. The van der Waals surface area contributed by atoms with E-state index in [0.29, 0.717) is 0 Å². The van der Waals surface area contributed by atoms with Crippen molar-refractivity contribution in [2.75, 3.05) is 0 Å². The first kappa shape index (κ1) is 13.5. The highest BCUT2D eigenvalue weighted by Gasteiger charge is 2.11. The van der Waals surface area contributed by atoms with Crippen LogP contribution in [0.15, 0.2) is 28.9 Å². The highest BCUT2D eigenvalue weighted by molar-refractivity contribution is 9.10. The minimum Gasteiger partial charge on any atom is -0.236 e. The van der Waals surface area contributed by atoms with Crippen LogP contribution < -0.4 is 0 Å². The molecule has 18 heavy (non-hydrogen) atoms. The molecule has 1 aromatic heterocycles. The number of rotatable bonds is 2. The fourth-order valence-corrected chi connectivity index (χ4v) is 2.41. The third-order valence-electron chi connectivity index (χ3n) is 2.89. The van der Waals surface area contributed by atoms with Gasteiger partial charge in [-0.1, -0.05) is 22.0 Å². The molecule has 0 saturated carbocycles. The Balaban J connectivity index is 2.52. The van der Waals surface area contributed by atoms with Gasteiger partial charge in [0, 0.05) is 27.5 Å². The molecule has 1 aromatic carbocycles. The van der Waals surface area contributed by atoms with Gasteiger partial charge in [-0.25, -0.2) is 9.97 Å². The second kappa shape index (κ2) is 5.37. The molecule has 2 nitrogen and oxygen atoms in total. The van der Waals surface area contributed by atoms with E-state index in [2.05, 4.69) is 38.9 Å². The SMILES string of the molecule is Cc1ccc(Br)cc1-c1ncc(C(C)Cl)c(C)n1. The van der Waals surface area contributed by atoms with E-state index in [0.717, 1.165) is 32.7 Å². The van der Waals surface area contributed by atoms with Crippen molar-refractivity contribution in [3.8, 4) is 11.4 Å². The molecule has 0 spiro atoms. The Bertz CT molecular complexity index is 582. The highest BCUT2D eigenvalue weighted by atomic mass is 79.9. The van der Waals surface area contributed by atoms with Gasteiger partial charge in [-0.3, -0.25) is 0 Å². The summed E-state index contributed by atoms with van der Waals surface area (Å²) in [4.78, 5) is 8.97. The van der Waals surface area contributed by atoms with Gasteiger partial charge in [0.25, 0.3) is 0 Å². The molecule has 94 valence electrons. The predicted octanol–water partition coefficient (Wildman–Crippen LogP) is 4.82. The first-order valence-electron chi connectivity index (χ1n) is 5.73. The number of aromatic nitrogens is 2. The topological polar surface area (TPSA) is 25.8 Å². The van der Waals surface area contributed by atoms with E-state index in [1.54, 1.807) is 0 Å². The molecule has 0 saturated heterocycles. The lowest BCUT2D eigenvalue weighted by molar-refractivity contribution is 0.975. The number of hydrogen-bond acceptors (Lipinski definition) is 2.